The van der Waals surface area contributed by atoms with Gasteiger partial charge in [0.15, 0.2) is 5.82 Å². The minimum Gasteiger partial charge on any atom is -0.343 e. The molecule has 8 nitrogen and oxygen atoms in total. The number of fused-ring (bicyclic) bond motifs is 1. The highest BCUT2D eigenvalue weighted by atomic mass is 32.2. The summed E-state index contributed by atoms with van der Waals surface area (Å²) >= 11 is 0. The molecule has 0 saturated carbocycles. The molecule has 1 aliphatic rings. The van der Waals surface area contributed by atoms with E-state index in [0.29, 0.717) is 24.4 Å². The average molecular weight is 387 g/mol. The Hall–Kier alpha value is -2.36. The lowest BCUT2D eigenvalue weighted by Gasteiger charge is -2.31. The van der Waals surface area contributed by atoms with Gasteiger partial charge in [0.1, 0.15) is 4.90 Å². The monoisotopic (exact) mass is 387 g/mol. The van der Waals surface area contributed by atoms with Crippen molar-refractivity contribution in [3.05, 3.63) is 48.7 Å². The van der Waals surface area contributed by atoms with E-state index in [4.69, 9.17) is 4.52 Å². The van der Waals surface area contributed by atoms with Crippen LogP contribution in [-0.2, 0) is 16.6 Å². The van der Waals surface area contributed by atoms with Crippen LogP contribution in [0, 0.1) is 5.92 Å². The number of nitrogens with zero attached hydrogens (tertiary/aromatic N) is 4. The molecule has 0 spiro atoms. The predicted molar refractivity (Wildman–Crippen MR) is 99.2 cm³/mol. The van der Waals surface area contributed by atoms with E-state index in [9.17, 15) is 8.42 Å². The number of pyridine rings is 1. The lowest BCUT2D eigenvalue weighted by atomic mass is 9.98. The molecule has 0 radical (unpaired) electrons. The molecule has 142 valence electrons. The fourth-order valence-electron chi connectivity index (χ4n) is 3.52. The largest absolute Gasteiger partial charge is 0.343 e. The molecule has 2 aromatic heterocycles. The molecule has 1 N–H and O–H groups in total. The Balaban J connectivity index is 1.42. The third kappa shape index (κ3) is 4.15. The second-order valence-electron chi connectivity index (χ2n) is 6.77. The topological polar surface area (TPSA) is 101 Å². The Morgan fingerprint density at radius 3 is 2.96 bits per heavy atom. The van der Waals surface area contributed by atoms with Gasteiger partial charge in [-0.15, -0.1) is 0 Å². The molecule has 1 saturated heterocycles. The number of likely N-dealkylation sites (tertiary alicyclic amines) is 1. The van der Waals surface area contributed by atoms with Gasteiger partial charge in [0, 0.05) is 24.7 Å². The summed E-state index contributed by atoms with van der Waals surface area (Å²) in [5, 5.41) is 4.65. The second-order valence-corrected chi connectivity index (χ2v) is 8.51. The Morgan fingerprint density at radius 2 is 2.11 bits per heavy atom. The number of para-hydroxylation sites is 1. The van der Waals surface area contributed by atoms with Crippen LogP contribution in [-0.4, -0.2) is 48.1 Å². The first kappa shape index (κ1) is 18.0. The number of rotatable bonds is 6. The van der Waals surface area contributed by atoms with Crippen LogP contribution in [0.2, 0.25) is 0 Å². The van der Waals surface area contributed by atoms with Crippen molar-refractivity contribution in [2.45, 2.75) is 24.3 Å². The van der Waals surface area contributed by atoms with E-state index in [0.717, 1.165) is 31.3 Å². The first-order valence-electron chi connectivity index (χ1n) is 8.93. The second kappa shape index (κ2) is 7.71. The van der Waals surface area contributed by atoms with Crippen molar-refractivity contribution in [3.8, 4) is 0 Å². The van der Waals surface area contributed by atoms with Gasteiger partial charge >= 0.3 is 0 Å². The van der Waals surface area contributed by atoms with Crippen LogP contribution >= 0.6 is 0 Å². The van der Waals surface area contributed by atoms with E-state index < -0.39 is 10.0 Å². The number of piperidine rings is 1. The molecule has 3 heterocycles. The highest BCUT2D eigenvalue weighted by Gasteiger charge is 2.24. The van der Waals surface area contributed by atoms with E-state index in [1.54, 1.807) is 24.4 Å². The third-order valence-electron chi connectivity index (χ3n) is 4.82. The van der Waals surface area contributed by atoms with E-state index in [1.807, 2.05) is 12.1 Å². The number of nitrogens with one attached hydrogen (secondary N) is 1. The molecule has 1 fully saturated rings. The van der Waals surface area contributed by atoms with Crippen molar-refractivity contribution >= 4 is 20.9 Å². The van der Waals surface area contributed by atoms with Crippen LogP contribution in [0.5, 0.6) is 0 Å². The van der Waals surface area contributed by atoms with Crippen LogP contribution in [0.15, 0.2) is 52.3 Å². The summed E-state index contributed by atoms with van der Waals surface area (Å²) in [6.45, 7) is 2.76. The van der Waals surface area contributed by atoms with Gasteiger partial charge in [-0.05, 0) is 37.4 Å². The standard InChI is InChI=1S/C18H21N5O3S/c24-27(25,16-7-1-5-15-6-2-8-19-18(15)16)21-10-14-4-3-9-23(11-14)12-17-20-13-26-22-17/h1-2,5-8,13-14,21H,3-4,9-12H2/t14-/m1/s1. The van der Waals surface area contributed by atoms with Crippen LogP contribution in [0.1, 0.15) is 18.7 Å². The molecule has 0 amide bonds. The maximum absolute atomic E-state index is 12.8. The molecule has 1 atom stereocenters. The summed E-state index contributed by atoms with van der Waals surface area (Å²) in [6, 6.07) is 8.86. The number of hydrogen-bond acceptors (Lipinski definition) is 7. The van der Waals surface area contributed by atoms with Crippen LogP contribution in [0.3, 0.4) is 0 Å². The summed E-state index contributed by atoms with van der Waals surface area (Å²) in [5.74, 6) is 0.890. The normalized spacial score (nSPS) is 18.7. The van der Waals surface area contributed by atoms with E-state index in [1.165, 1.54) is 6.39 Å². The molecule has 0 unspecified atom stereocenters. The van der Waals surface area contributed by atoms with Gasteiger partial charge in [0.25, 0.3) is 0 Å². The van der Waals surface area contributed by atoms with Crippen molar-refractivity contribution in [3.63, 3.8) is 0 Å². The molecule has 27 heavy (non-hydrogen) atoms. The lowest BCUT2D eigenvalue weighted by Crippen LogP contribution is -2.40. The lowest BCUT2D eigenvalue weighted by molar-refractivity contribution is 0.164. The minimum absolute atomic E-state index is 0.222. The van der Waals surface area contributed by atoms with Crippen molar-refractivity contribution in [1.82, 2.24) is 24.7 Å². The van der Waals surface area contributed by atoms with Crippen molar-refractivity contribution in [2.24, 2.45) is 5.92 Å². The SMILES string of the molecule is O=S(=O)(NC[C@H]1CCCN(Cc2ncon2)C1)c1cccc2cccnc12. The molecule has 0 aliphatic carbocycles. The van der Waals surface area contributed by atoms with E-state index in [-0.39, 0.29) is 10.8 Å². The maximum atomic E-state index is 12.8. The van der Waals surface area contributed by atoms with Crippen molar-refractivity contribution in [2.75, 3.05) is 19.6 Å². The van der Waals surface area contributed by atoms with Gasteiger partial charge in [0.05, 0.1) is 12.1 Å². The molecule has 1 aromatic carbocycles. The van der Waals surface area contributed by atoms with Crippen molar-refractivity contribution < 1.29 is 12.9 Å². The molecule has 0 bridgehead atoms. The zero-order chi connectivity index (χ0) is 18.7. The van der Waals surface area contributed by atoms with Crippen LogP contribution in [0.25, 0.3) is 10.9 Å². The summed E-state index contributed by atoms with van der Waals surface area (Å²) in [5.41, 5.74) is 0.495. The van der Waals surface area contributed by atoms with E-state index >= 15 is 0 Å². The smallest absolute Gasteiger partial charge is 0.242 e. The fraction of sp³-hybridized carbons (Fsp3) is 0.389. The number of benzene rings is 1. The first-order chi connectivity index (χ1) is 13.1. The van der Waals surface area contributed by atoms with E-state index in [2.05, 4.69) is 24.7 Å². The van der Waals surface area contributed by atoms with Gasteiger partial charge in [-0.3, -0.25) is 9.88 Å². The minimum atomic E-state index is -3.62. The Kier molecular flexibility index (Phi) is 5.15. The average Bonchev–Trinajstić information content (AvgIpc) is 3.19. The molecule has 9 heteroatoms. The zero-order valence-corrected chi connectivity index (χ0v) is 15.6. The molecular formula is C18H21N5O3S. The quantitative estimate of drug-likeness (QED) is 0.688. The van der Waals surface area contributed by atoms with Gasteiger partial charge in [-0.1, -0.05) is 23.4 Å². The van der Waals surface area contributed by atoms with Crippen molar-refractivity contribution in [1.29, 1.82) is 0 Å². The summed E-state index contributed by atoms with van der Waals surface area (Å²) in [6.07, 6.45) is 4.93. The number of aromatic nitrogens is 3. The van der Waals surface area contributed by atoms with Crippen LogP contribution < -0.4 is 4.72 Å². The molecule has 3 aromatic rings. The Labute approximate surface area is 157 Å². The number of sulfonamides is 1. The molecule has 1 aliphatic heterocycles. The number of hydrogen-bond donors (Lipinski definition) is 1. The van der Waals surface area contributed by atoms with Gasteiger partial charge in [-0.25, -0.2) is 13.1 Å². The highest BCUT2D eigenvalue weighted by molar-refractivity contribution is 7.89. The Bertz CT molecular complexity index is 1000. The molecule has 4 rings (SSSR count). The highest BCUT2D eigenvalue weighted by Crippen LogP contribution is 2.22. The van der Waals surface area contributed by atoms with Gasteiger partial charge in [-0.2, -0.15) is 4.98 Å². The van der Waals surface area contributed by atoms with Gasteiger partial charge in [0.2, 0.25) is 16.4 Å². The molecular weight excluding hydrogens is 366 g/mol. The fourth-order valence-corrected chi connectivity index (χ4v) is 4.82. The Morgan fingerprint density at radius 1 is 1.22 bits per heavy atom. The summed E-state index contributed by atoms with van der Waals surface area (Å²) < 4.78 is 33.2. The zero-order valence-electron chi connectivity index (χ0n) is 14.8. The predicted octanol–water partition coefficient (Wildman–Crippen LogP) is 1.81. The van der Waals surface area contributed by atoms with Gasteiger partial charge < -0.3 is 4.52 Å². The summed E-state index contributed by atoms with van der Waals surface area (Å²) in [7, 11) is -3.62. The first-order valence-corrected chi connectivity index (χ1v) is 10.4. The third-order valence-corrected chi connectivity index (χ3v) is 6.28. The maximum Gasteiger partial charge on any atom is 0.242 e. The van der Waals surface area contributed by atoms with Crippen LogP contribution in [0.4, 0.5) is 0 Å². The summed E-state index contributed by atoms with van der Waals surface area (Å²) in [4.78, 5) is 10.7.